The van der Waals surface area contributed by atoms with E-state index in [9.17, 15) is 9.59 Å². The van der Waals surface area contributed by atoms with Crippen molar-refractivity contribution in [1.82, 2.24) is 15.1 Å². The molecule has 2 aliphatic heterocycles. The van der Waals surface area contributed by atoms with Crippen molar-refractivity contribution in [3.05, 3.63) is 30.6 Å². The van der Waals surface area contributed by atoms with Gasteiger partial charge in [-0.05, 0) is 44.0 Å². The van der Waals surface area contributed by atoms with Crippen LogP contribution in [0.5, 0.6) is 0 Å². The lowest BCUT2D eigenvalue weighted by molar-refractivity contribution is -0.117. The molecular weight excluding hydrogens is 398 g/mol. The second kappa shape index (κ2) is 9.07. The van der Waals surface area contributed by atoms with Crippen LogP contribution in [0.3, 0.4) is 0 Å². The van der Waals surface area contributed by atoms with E-state index in [2.05, 4.69) is 10.4 Å². The maximum Gasteiger partial charge on any atom is 0.414 e. The lowest BCUT2D eigenvalue weighted by Crippen LogP contribution is -2.52. The fraction of sp³-hybridized carbons (Fsp3) is 0.500. The Morgan fingerprint density at radius 1 is 1.29 bits per heavy atom. The summed E-state index contributed by atoms with van der Waals surface area (Å²) in [5, 5.41) is 16.7. The summed E-state index contributed by atoms with van der Waals surface area (Å²) in [4.78, 5) is 28.8. The molecule has 2 amide bonds. The van der Waals surface area contributed by atoms with Crippen molar-refractivity contribution in [1.29, 1.82) is 0 Å². The molecule has 31 heavy (non-hydrogen) atoms. The Labute approximate surface area is 181 Å². The second-order valence-electron chi connectivity index (χ2n) is 8.12. The number of rotatable bonds is 4. The van der Waals surface area contributed by atoms with E-state index in [0.29, 0.717) is 31.0 Å². The molecule has 2 N–H and O–H groups in total. The number of hydrogen-bond donors (Lipinski definition) is 2. The number of carbonyl (C=O) groups excluding carboxylic acids is 2. The Kier molecular flexibility index (Phi) is 6.24. The molecule has 166 valence electrons. The molecule has 1 saturated heterocycles. The average molecular weight is 428 g/mol. The van der Waals surface area contributed by atoms with Crippen LogP contribution in [0.2, 0.25) is 0 Å². The molecule has 1 aromatic heterocycles. The first-order valence-electron chi connectivity index (χ1n) is 10.7. The number of hydrogen-bond acceptors (Lipinski definition) is 6. The first-order valence-corrected chi connectivity index (χ1v) is 10.7. The van der Waals surface area contributed by atoms with Crippen molar-refractivity contribution in [3.63, 3.8) is 0 Å². The number of nitrogens with one attached hydrogen (secondary N) is 1. The van der Waals surface area contributed by atoms with Crippen LogP contribution < -0.4 is 15.1 Å². The molecule has 2 aliphatic rings. The van der Waals surface area contributed by atoms with Gasteiger partial charge >= 0.3 is 6.09 Å². The molecule has 2 atom stereocenters. The van der Waals surface area contributed by atoms with Gasteiger partial charge in [0.05, 0.1) is 36.8 Å². The third-order valence-corrected chi connectivity index (χ3v) is 5.79. The van der Waals surface area contributed by atoms with E-state index in [4.69, 9.17) is 9.84 Å². The second-order valence-corrected chi connectivity index (χ2v) is 8.12. The Hall–Kier alpha value is -2.91. The zero-order chi connectivity index (χ0) is 22.0. The molecule has 4 rings (SSSR count). The summed E-state index contributed by atoms with van der Waals surface area (Å²) in [5.74, 6) is -0.0678. The summed E-state index contributed by atoms with van der Waals surface area (Å²) in [7, 11) is 0. The lowest BCUT2D eigenvalue weighted by atomic mass is 10.0. The van der Waals surface area contributed by atoms with E-state index in [0.717, 1.165) is 30.5 Å². The van der Waals surface area contributed by atoms with Gasteiger partial charge in [-0.3, -0.25) is 14.4 Å². The number of fused-ring (bicyclic) bond motifs is 1. The minimum absolute atomic E-state index is 0.00636. The van der Waals surface area contributed by atoms with E-state index < -0.39 is 6.09 Å². The van der Waals surface area contributed by atoms with Crippen LogP contribution in [0, 0.1) is 0 Å². The summed E-state index contributed by atoms with van der Waals surface area (Å²) < 4.78 is 7.46. The average Bonchev–Trinajstić information content (AvgIpc) is 3.22. The Morgan fingerprint density at radius 3 is 2.84 bits per heavy atom. The molecule has 1 aromatic carbocycles. The molecule has 0 saturated carbocycles. The summed E-state index contributed by atoms with van der Waals surface area (Å²) in [6.45, 7) is 5.85. The molecule has 2 unspecified atom stereocenters. The zero-order valence-electron chi connectivity index (χ0n) is 18.0. The molecule has 0 aliphatic carbocycles. The van der Waals surface area contributed by atoms with Crippen molar-refractivity contribution in [2.75, 3.05) is 36.0 Å². The van der Waals surface area contributed by atoms with E-state index in [1.807, 2.05) is 31.3 Å². The van der Waals surface area contributed by atoms with Crippen molar-refractivity contribution in [2.45, 2.75) is 45.4 Å². The normalized spacial score (nSPS) is 21.0. The predicted octanol–water partition coefficient (Wildman–Crippen LogP) is 1.99. The van der Waals surface area contributed by atoms with E-state index in [1.165, 1.54) is 6.92 Å². The van der Waals surface area contributed by atoms with Gasteiger partial charge < -0.3 is 20.1 Å². The van der Waals surface area contributed by atoms with Crippen molar-refractivity contribution in [3.8, 4) is 11.1 Å². The lowest BCUT2D eigenvalue weighted by Gasteiger charge is -2.41. The van der Waals surface area contributed by atoms with Crippen LogP contribution in [0.4, 0.5) is 16.2 Å². The van der Waals surface area contributed by atoms with E-state index in [-0.39, 0.29) is 24.7 Å². The van der Waals surface area contributed by atoms with Gasteiger partial charge in [0, 0.05) is 31.8 Å². The maximum atomic E-state index is 13.1. The highest BCUT2D eigenvalue weighted by Crippen LogP contribution is 2.39. The number of benzene rings is 1. The Bertz CT molecular complexity index is 953. The molecule has 1 fully saturated rings. The largest absolute Gasteiger partial charge is 0.444 e. The maximum absolute atomic E-state index is 13.1. The molecule has 9 heteroatoms. The number of amides is 2. The third kappa shape index (κ3) is 4.42. The summed E-state index contributed by atoms with van der Waals surface area (Å²) >= 11 is 0. The fourth-order valence-electron chi connectivity index (χ4n) is 4.32. The SMILES string of the molecule is CC(=O)N1c2ccc(-c3cnn(CCO)c3)cc2N(C(=O)OC2CCCNC2)CC1C. The highest BCUT2D eigenvalue weighted by molar-refractivity contribution is 6.03. The monoisotopic (exact) mass is 427 g/mol. The Morgan fingerprint density at radius 2 is 2.13 bits per heavy atom. The number of aliphatic hydroxyl groups excluding tert-OH is 1. The quantitative estimate of drug-likeness (QED) is 0.774. The number of anilines is 2. The predicted molar refractivity (Wildman–Crippen MR) is 117 cm³/mol. The van der Waals surface area contributed by atoms with Gasteiger partial charge in [0.2, 0.25) is 5.91 Å². The van der Waals surface area contributed by atoms with Crippen molar-refractivity contribution in [2.24, 2.45) is 0 Å². The Balaban J connectivity index is 1.68. The standard InChI is InChI=1S/C22H29N5O4/c1-15-13-26(22(30)31-19-4-3-7-23-12-19)21-10-17(5-6-20(21)27(15)16(2)29)18-11-24-25(14-18)8-9-28/h5-6,10-11,14-15,19,23,28H,3-4,7-9,12-13H2,1-2H3. The minimum atomic E-state index is -0.391. The first kappa shape index (κ1) is 21.3. The van der Waals surface area contributed by atoms with Gasteiger partial charge in [0.25, 0.3) is 0 Å². The van der Waals surface area contributed by atoms with Gasteiger partial charge in [-0.2, -0.15) is 5.10 Å². The molecule has 3 heterocycles. The van der Waals surface area contributed by atoms with Crippen LogP contribution in [-0.2, 0) is 16.1 Å². The van der Waals surface area contributed by atoms with Gasteiger partial charge in [0.1, 0.15) is 6.10 Å². The van der Waals surface area contributed by atoms with Gasteiger partial charge in [-0.1, -0.05) is 6.07 Å². The highest BCUT2D eigenvalue weighted by atomic mass is 16.6. The number of piperidine rings is 1. The minimum Gasteiger partial charge on any atom is -0.444 e. The molecular formula is C22H29N5O4. The van der Waals surface area contributed by atoms with Crippen molar-refractivity contribution >= 4 is 23.4 Å². The summed E-state index contributed by atoms with van der Waals surface area (Å²) in [6, 6.07) is 5.52. The molecule has 2 aromatic rings. The highest BCUT2D eigenvalue weighted by Gasteiger charge is 2.35. The van der Waals surface area contributed by atoms with E-state index in [1.54, 1.807) is 20.7 Å². The third-order valence-electron chi connectivity index (χ3n) is 5.79. The number of carbonyl (C=O) groups is 2. The van der Waals surface area contributed by atoms with Crippen LogP contribution in [0.1, 0.15) is 26.7 Å². The van der Waals surface area contributed by atoms with Gasteiger partial charge in [-0.15, -0.1) is 0 Å². The number of ether oxygens (including phenoxy) is 1. The van der Waals surface area contributed by atoms with E-state index >= 15 is 0 Å². The van der Waals surface area contributed by atoms with Gasteiger partial charge in [0.15, 0.2) is 0 Å². The zero-order valence-corrected chi connectivity index (χ0v) is 18.0. The number of nitrogens with zero attached hydrogens (tertiary/aromatic N) is 4. The van der Waals surface area contributed by atoms with Crippen molar-refractivity contribution < 1.29 is 19.4 Å². The number of aromatic nitrogens is 2. The molecule has 9 nitrogen and oxygen atoms in total. The number of aliphatic hydroxyl groups is 1. The topological polar surface area (TPSA) is 99.9 Å². The van der Waals surface area contributed by atoms with Gasteiger partial charge in [-0.25, -0.2) is 4.79 Å². The summed E-state index contributed by atoms with van der Waals surface area (Å²) in [5.41, 5.74) is 3.08. The van der Waals surface area contributed by atoms with Crippen LogP contribution in [0.25, 0.3) is 11.1 Å². The smallest absolute Gasteiger partial charge is 0.414 e. The molecule has 0 spiro atoms. The van der Waals surface area contributed by atoms with Crippen LogP contribution in [-0.4, -0.2) is 65.3 Å². The first-order chi connectivity index (χ1) is 15.0. The molecule has 0 radical (unpaired) electrons. The fourth-order valence-corrected chi connectivity index (χ4v) is 4.32. The van der Waals surface area contributed by atoms with Crippen LogP contribution >= 0.6 is 0 Å². The van der Waals surface area contributed by atoms with Crippen LogP contribution in [0.15, 0.2) is 30.6 Å². The molecule has 0 bridgehead atoms. The summed E-state index contributed by atoms with van der Waals surface area (Å²) in [6.07, 6.45) is 4.86.